The Kier molecular flexibility index (Phi) is 3.60. The highest BCUT2D eigenvalue weighted by atomic mass is 16.1. The van der Waals surface area contributed by atoms with Crippen molar-refractivity contribution in [1.29, 1.82) is 5.41 Å². The lowest BCUT2D eigenvalue weighted by Crippen LogP contribution is -2.00. The molecule has 0 atom stereocenters. The van der Waals surface area contributed by atoms with E-state index in [9.17, 15) is 4.79 Å². The van der Waals surface area contributed by atoms with Gasteiger partial charge in [-0.2, -0.15) is 0 Å². The second-order valence-electron chi connectivity index (χ2n) is 1.67. The fourth-order valence-corrected chi connectivity index (χ4v) is 0.529. The SMILES string of the molecule is CC=C(C=N)C(=O)CC. The van der Waals surface area contributed by atoms with Crippen LogP contribution in [0.25, 0.3) is 0 Å². The Morgan fingerprint density at radius 3 is 2.33 bits per heavy atom. The van der Waals surface area contributed by atoms with Crippen LogP contribution in [-0.2, 0) is 4.79 Å². The predicted molar refractivity (Wildman–Crippen MR) is 37.8 cm³/mol. The van der Waals surface area contributed by atoms with Crippen LogP contribution in [0, 0.1) is 5.41 Å². The maximum Gasteiger partial charge on any atom is 0.163 e. The Hall–Kier alpha value is -0.920. The van der Waals surface area contributed by atoms with Crippen LogP contribution in [0.15, 0.2) is 11.6 Å². The molecule has 0 saturated carbocycles. The van der Waals surface area contributed by atoms with Crippen LogP contribution in [0.3, 0.4) is 0 Å². The van der Waals surface area contributed by atoms with Gasteiger partial charge in [-0.1, -0.05) is 13.0 Å². The molecule has 0 aliphatic rings. The summed E-state index contributed by atoms with van der Waals surface area (Å²) < 4.78 is 0. The topological polar surface area (TPSA) is 40.9 Å². The molecule has 0 aromatic carbocycles. The molecule has 0 saturated heterocycles. The lowest BCUT2D eigenvalue weighted by molar-refractivity contribution is -0.114. The highest BCUT2D eigenvalue weighted by molar-refractivity contribution is 6.12. The van der Waals surface area contributed by atoms with E-state index in [-0.39, 0.29) is 5.78 Å². The van der Waals surface area contributed by atoms with Gasteiger partial charge in [0.15, 0.2) is 5.78 Å². The van der Waals surface area contributed by atoms with Crippen LogP contribution in [0.1, 0.15) is 20.3 Å². The van der Waals surface area contributed by atoms with Crippen molar-refractivity contribution in [2.45, 2.75) is 20.3 Å². The summed E-state index contributed by atoms with van der Waals surface area (Å²) in [7, 11) is 0. The van der Waals surface area contributed by atoms with Gasteiger partial charge in [-0.3, -0.25) is 4.79 Å². The summed E-state index contributed by atoms with van der Waals surface area (Å²) in [5.41, 5.74) is 0.498. The smallest absolute Gasteiger partial charge is 0.163 e. The lowest BCUT2D eigenvalue weighted by Gasteiger charge is -1.92. The Bertz CT molecular complexity index is 147. The molecule has 9 heavy (non-hydrogen) atoms. The summed E-state index contributed by atoms with van der Waals surface area (Å²) in [4.78, 5) is 10.8. The van der Waals surface area contributed by atoms with Crippen LogP contribution >= 0.6 is 0 Å². The molecule has 0 spiro atoms. The normalized spacial score (nSPS) is 11.1. The Morgan fingerprint density at radius 1 is 1.67 bits per heavy atom. The van der Waals surface area contributed by atoms with Gasteiger partial charge in [-0.05, 0) is 6.92 Å². The maximum absolute atomic E-state index is 10.8. The van der Waals surface area contributed by atoms with E-state index in [4.69, 9.17) is 5.41 Å². The summed E-state index contributed by atoms with van der Waals surface area (Å²) in [5.74, 6) is 0.0347. The minimum absolute atomic E-state index is 0.0347. The van der Waals surface area contributed by atoms with E-state index in [0.717, 1.165) is 6.21 Å². The van der Waals surface area contributed by atoms with Crippen LogP contribution in [0.5, 0.6) is 0 Å². The number of rotatable bonds is 3. The second-order valence-corrected chi connectivity index (χ2v) is 1.67. The van der Waals surface area contributed by atoms with Gasteiger partial charge >= 0.3 is 0 Å². The fraction of sp³-hybridized carbons (Fsp3) is 0.429. The van der Waals surface area contributed by atoms with E-state index >= 15 is 0 Å². The second kappa shape index (κ2) is 4.01. The molecule has 2 heteroatoms. The Labute approximate surface area is 55.1 Å². The molecule has 0 heterocycles. The first-order valence-corrected chi connectivity index (χ1v) is 2.96. The zero-order valence-electron chi connectivity index (χ0n) is 5.77. The van der Waals surface area contributed by atoms with Gasteiger partial charge < -0.3 is 5.41 Å². The third-order valence-electron chi connectivity index (χ3n) is 1.11. The van der Waals surface area contributed by atoms with Gasteiger partial charge in [0.1, 0.15) is 0 Å². The van der Waals surface area contributed by atoms with Crippen LogP contribution in [-0.4, -0.2) is 12.0 Å². The molecule has 50 valence electrons. The van der Waals surface area contributed by atoms with E-state index in [1.807, 2.05) is 0 Å². The first-order chi connectivity index (χ1) is 4.26. The van der Waals surface area contributed by atoms with Crippen molar-refractivity contribution in [2.75, 3.05) is 0 Å². The van der Waals surface area contributed by atoms with Crippen LogP contribution in [0.4, 0.5) is 0 Å². The molecular weight excluding hydrogens is 114 g/mol. The third kappa shape index (κ3) is 2.22. The van der Waals surface area contributed by atoms with Crippen molar-refractivity contribution in [3.63, 3.8) is 0 Å². The standard InChI is InChI=1S/C7H11NO/c1-3-6(5-8)7(9)4-2/h3,5,8H,4H2,1-2H3. The predicted octanol–water partition coefficient (Wildman–Crippen LogP) is 1.56. The highest BCUT2D eigenvalue weighted by Crippen LogP contribution is 1.94. The van der Waals surface area contributed by atoms with Gasteiger partial charge in [0, 0.05) is 18.2 Å². The van der Waals surface area contributed by atoms with Crippen LogP contribution < -0.4 is 0 Å². The molecule has 0 rings (SSSR count). The van der Waals surface area contributed by atoms with E-state index in [1.165, 1.54) is 0 Å². The number of carbonyl (C=O) groups is 1. The number of ketones is 1. The maximum atomic E-state index is 10.8. The average molecular weight is 125 g/mol. The fourth-order valence-electron chi connectivity index (χ4n) is 0.529. The molecular formula is C7H11NO. The van der Waals surface area contributed by atoms with Gasteiger partial charge in [0.05, 0.1) is 0 Å². The third-order valence-corrected chi connectivity index (χ3v) is 1.11. The highest BCUT2D eigenvalue weighted by Gasteiger charge is 1.99. The molecule has 0 fully saturated rings. The zero-order valence-corrected chi connectivity index (χ0v) is 5.77. The summed E-state index contributed by atoms with van der Waals surface area (Å²) in [6.45, 7) is 3.54. The number of nitrogens with one attached hydrogen (secondary N) is 1. The first kappa shape index (κ1) is 8.08. The number of hydrogen-bond donors (Lipinski definition) is 1. The summed E-state index contributed by atoms with van der Waals surface area (Å²) >= 11 is 0. The molecule has 1 N–H and O–H groups in total. The molecule has 0 aliphatic carbocycles. The van der Waals surface area contributed by atoms with E-state index in [2.05, 4.69) is 0 Å². The minimum atomic E-state index is 0.0347. The molecule has 0 aromatic heterocycles. The zero-order chi connectivity index (χ0) is 7.28. The van der Waals surface area contributed by atoms with Crippen molar-refractivity contribution < 1.29 is 4.79 Å². The first-order valence-electron chi connectivity index (χ1n) is 2.96. The molecule has 2 nitrogen and oxygen atoms in total. The lowest BCUT2D eigenvalue weighted by atomic mass is 10.1. The van der Waals surface area contributed by atoms with Crippen molar-refractivity contribution in [3.8, 4) is 0 Å². The Balaban J connectivity index is 4.14. The summed E-state index contributed by atoms with van der Waals surface area (Å²) in [6, 6.07) is 0. The minimum Gasteiger partial charge on any atom is -0.308 e. The van der Waals surface area contributed by atoms with Crippen molar-refractivity contribution in [1.82, 2.24) is 0 Å². The van der Waals surface area contributed by atoms with Crippen LogP contribution in [0.2, 0.25) is 0 Å². The largest absolute Gasteiger partial charge is 0.308 e. The average Bonchev–Trinajstić information content (AvgIpc) is 1.90. The quantitative estimate of drug-likeness (QED) is 0.451. The van der Waals surface area contributed by atoms with Gasteiger partial charge in [-0.15, -0.1) is 0 Å². The van der Waals surface area contributed by atoms with Crippen molar-refractivity contribution in [3.05, 3.63) is 11.6 Å². The molecule has 0 aromatic rings. The van der Waals surface area contributed by atoms with Gasteiger partial charge in [0.2, 0.25) is 0 Å². The van der Waals surface area contributed by atoms with E-state index in [1.54, 1.807) is 19.9 Å². The molecule has 0 bridgehead atoms. The van der Waals surface area contributed by atoms with E-state index < -0.39 is 0 Å². The molecule has 0 amide bonds. The monoisotopic (exact) mass is 125 g/mol. The van der Waals surface area contributed by atoms with E-state index in [0.29, 0.717) is 12.0 Å². The molecule has 0 aliphatic heterocycles. The number of hydrogen-bond acceptors (Lipinski definition) is 2. The number of allylic oxidation sites excluding steroid dienone is 2. The Morgan fingerprint density at radius 2 is 2.22 bits per heavy atom. The van der Waals surface area contributed by atoms with Crippen molar-refractivity contribution in [2.24, 2.45) is 0 Å². The van der Waals surface area contributed by atoms with Crippen molar-refractivity contribution >= 4 is 12.0 Å². The number of carbonyl (C=O) groups excluding carboxylic acids is 1. The summed E-state index contributed by atoms with van der Waals surface area (Å²) in [5, 5.41) is 6.78. The van der Waals surface area contributed by atoms with Gasteiger partial charge in [0.25, 0.3) is 0 Å². The molecule has 0 unspecified atom stereocenters. The molecule has 0 radical (unpaired) electrons. The van der Waals surface area contributed by atoms with Gasteiger partial charge in [-0.25, -0.2) is 0 Å². The summed E-state index contributed by atoms with van der Waals surface area (Å²) in [6.07, 6.45) is 3.22. The number of Topliss-reactive ketones (excluding diaryl/α,β-unsaturated/α-hetero) is 1.